The molecule has 3 nitrogen and oxygen atoms in total. The number of benzene rings is 1. The largest absolute Gasteiger partial charge is 0.508 e. The summed E-state index contributed by atoms with van der Waals surface area (Å²) < 4.78 is 1.70. The van der Waals surface area contributed by atoms with Crippen LogP contribution in [0, 0.1) is 0 Å². The van der Waals surface area contributed by atoms with Crippen LogP contribution in [0.5, 0.6) is 5.75 Å². The first-order valence-corrected chi connectivity index (χ1v) is 5.92. The molecule has 1 N–H and O–H groups in total. The number of aromatic hydroxyl groups is 1. The van der Waals surface area contributed by atoms with Crippen LogP contribution in [0.25, 0.3) is 17.0 Å². The van der Waals surface area contributed by atoms with Gasteiger partial charge in [0.15, 0.2) is 0 Å². The molecule has 0 bridgehead atoms. The molecule has 1 aliphatic carbocycles. The van der Waals surface area contributed by atoms with E-state index in [1.807, 2.05) is 6.08 Å². The second-order valence-corrected chi connectivity index (χ2v) is 4.38. The molecule has 0 amide bonds. The van der Waals surface area contributed by atoms with E-state index in [0.717, 1.165) is 35.0 Å². The highest BCUT2D eigenvalue weighted by Gasteiger charge is 2.20. The maximum absolute atomic E-state index is 12.0. The van der Waals surface area contributed by atoms with Crippen molar-refractivity contribution in [3.8, 4) is 5.75 Å². The SMILES string of the molecule is C=CC(=O)n1c2c(c3cc(O)ccc31)C=CCC2. The lowest BCUT2D eigenvalue weighted by Crippen LogP contribution is -2.11. The van der Waals surface area contributed by atoms with Gasteiger partial charge < -0.3 is 5.11 Å². The van der Waals surface area contributed by atoms with Crippen LogP contribution in [0.1, 0.15) is 22.5 Å². The second kappa shape index (κ2) is 3.88. The van der Waals surface area contributed by atoms with Crippen molar-refractivity contribution in [1.82, 2.24) is 4.57 Å². The Hall–Kier alpha value is -2.29. The average molecular weight is 239 g/mol. The van der Waals surface area contributed by atoms with Gasteiger partial charge in [0.1, 0.15) is 5.75 Å². The molecule has 0 saturated heterocycles. The Morgan fingerprint density at radius 2 is 2.28 bits per heavy atom. The molecule has 18 heavy (non-hydrogen) atoms. The van der Waals surface area contributed by atoms with Gasteiger partial charge in [0.25, 0.3) is 5.91 Å². The zero-order valence-electron chi connectivity index (χ0n) is 9.89. The van der Waals surface area contributed by atoms with Gasteiger partial charge in [0.05, 0.1) is 5.52 Å². The molecular weight excluding hydrogens is 226 g/mol. The van der Waals surface area contributed by atoms with Crippen LogP contribution in [0.2, 0.25) is 0 Å². The number of hydrogen-bond donors (Lipinski definition) is 1. The summed E-state index contributed by atoms with van der Waals surface area (Å²) in [6, 6.07) is 5.08. The Labute approximate surface area is 105 Å². The molecule has 3 rings (SSSR count). The molecule has 3 heteroatoms. The van der Waals surface area contributed by atoms with Crippen molar-refractivity contribution in [2.45, 2.75) is 12.8 Å². The standard InChI is InChI=1S/C15H13NO2/c1-2-15(18)16-13-6-4-3-5-11(13)12-9-10(17)7-8-14(12)16/h2-3,5,7-9,17H,1,4,6H2. The fraction of sp³-hybridized carbons (Fsp3) is 0.133. The van der Waals surface area contributed by atoms with Gasteiger partial charge in [-0.05, 0) is 37.1 Å². The van der Waals surface area contributed by atoms with Gasteiger partial charge in [-0.25, -0.2) is 0 Å². The molecule has 0 spiro atoms. The third-order valence-corrected chi connectivity index (χ3v) is 3.32. The Bertz CT molecular complexity index is 692. The van der Waals surface area contributed by atoms with Crippen LogP contribution in [0.15, 0.2) is 36.9 Å². The predicted octanol–water partition coefficient (Wildman–Crippen LogP) is 3.13. The van der Waals surface area contributed by atoms with E-state index in [1.54, 1.807) is 22.8 Å². The summed E-state index contributed by atoms with van der Waals surface area (Å²) in [4.78, 5) is 12.0. The van der Waals surface area contributed by atoms with E-state index in [-0.39, 0.29) is 11.7 Å². The van der Waals surface area contributed by atoms with Crippen LogP contribution in [-0.4, -0.2) is 15.6 Å². The normalized spacial score (nSPS) is 13.6. The quantitative estimate of drug-likeness (QED) is 0.777. The molecule has 0 unspecified atom stereocenters. The highest BCUT2D eigenvalue weighted by atomic mass is 16.3. The Morgan fingerprint density at radius 3 is 3.06 bits per heavy atom. The van der Waals surface area contributed by atoms with Gasteiger partial charge in [-0.1, -0.05) is 18.7 Å². The van der Waals surface area contributed by atoms with Gasteiger partial charge in [-0.2, -0.15) is 0 Å². The van der Waals surface area contributed by atoms with E-state index in [1.165, 1.54) is 6.08 Å². The lowest BCUT2D eigenvalue weighted by Gasteiger charge is -2.09. The fourth-order valence-corrected chi connectivity index (χ4v) is 2.55. The molecule has 0 saturated carbocycles. The minimum absolute atomic E-state index is 0.123. The van der Waals surface area contributed by atoms with Crippen LogP contribution in [0.3, 0.4) is 0 Å². The third-order valence-electron chi connectivity index (χ3n) is 3.32. The Morgan fingerprint density at radius 1 is 1.44 bits per heavy atom. The smallest absolute Gasteiger partial charge is 0.254 e. The van der Waals surface area contributed by atoms with Gasteiger partial charge in [-0.3, -0.25) is 9.36 Å². The summed E-state index contributed by atoms with van der Waals surface area (Å²) in [7, 11) is 0. The summed E-state index contributed by atoms with van der Waals surface area (Å²) in [5.74, 6) is 0.0923. The van der Waals surface area contributed by atoms with Crippen molar-refractivity contribution in [2.75, 3.05) is 0 Å². The molecule has 0 radical (unpaired) electrons. The molecule has 1 aromatic carbocycles. The maximum atomic E-state index is 12.0. The number of carbonyl (C=O) groups excluding carboxylic acids is 1. The number of carbonyl (C=O) groups is 1. The lowest BCUT2D eigenvalue weighted by atomic mass is 10.0. The molecule has 2 aromatic rings. The van der Waals surface area contributed by atoms with Crippen LogP contribution < -0.4 is 0 Å². The predicted molar refractivity (Wildman–Crippen MR) is 71.8 cm³/mol. The van der Waals surface area contributed by atoms with Crippen LogP contribution in [0.4, 0.5) is 0 Å². The zero-order chi connectivity index (χ0) is 12.7. The number of phenolic OH excluding ortho intramolecular Hbond substituents is 1. The van der Waals surface area contributed by atoms with E-state index in [9.17, 15) is 9.90 Å². The van der Waals surface area contributed by atoms with Gasteiger partial charge in [-0.15, -0.1) is 0 Å². The number of hydrogen-bond acceptors (Lipinski definition) is 2. The first kappa shape index (κ1) is 10.8. The van der Waals surface area contributed by atoms with Crippen molar-refractivity contribution in [1.29, 1.82) is 0 Å². The number of fused-ring (bicyclic) bond motifs is 3. The summed E-state index contributed by atoms with van der Waals surface area (Å²) in [5.41, 5.74) is 2.86. The number of phenols is 1. The summed E-state index contributed by atoms with van der Waals surface area (Å²) in [6.07, 6.45) is 7.20. The van der Waals surface area contributed by atoms with Crippen molar-refractivity contribution in [3.05, 3.63) is 48.2 Å². The topological polar surface area (TPSA) is 42.2 Å². The maximum Gasteiger partial charge on any atom is 0.254 e. The number of allylic oxidation sites excluding steroid dienone is 2. The lowest BCUT2D eigenvalue weighted by molar-refractivity contribution is 0.0971. The van der Waals surface area contributed by atoms with Gasteiger partial charge >= 0.3 is 0 Å². The highest BCUT2D eigenvalue weighted by Crippen LogP contribution is 2.33. The van der Waals surface area contributed by atoms with Crippen LogP contribution in [-0.2, 0) is 6.42 Å². The van der Waals surface area contributed by atoms with Gasteiger partial charge in [0, 0.05) is 16.6 Å². The van der Waals surface area contributed by atoms with Crippen molar-refractivity contribution in [3.63, 3.8) is 0 Å². The molecule has 90 valence electrons. The number of nitrogens with zero attached hydrogens (tertiary/aromatic N) is 1. The van der Waals surface area contributed by atoms with Crippen molar-refractivity contribution < 1.29 is 9.90 Å². The summed E-state index contributed by atoms with van der Waals surface area (Å²) >= 11 is 0. The molecule has 0 atom stereocenters. The van der Waals surface area contributed by atoms with Crippen molar-refractivity contribution in [2.24, 2.45) is 0 Å². The molecule has 1 heterocycles. The van der Waals surface area contributed by atoms with E-state index < -0.39 is 0 Å². The molecule has 1 aromatic heterocycles. The molecule has 0 aliphatic heterocycles. The Balaban J connectivity index is 2.44. The second-order valence-electron chi connectivity index (χ2n) is 4.38. The summed E-state index contributed by atoms with van der Waals surface area (Å²) in [6.45, 7) is 3.55. The zero-order valence-corrected chi connectivity index (χ0v) is 9.89. The monoisotopic (exact) mass is 239 g/mol. The minimum Gasteiger partial charge on any atom is -0.508 e. The van der Waals surface area contributed by atoms with E-state index in [0.29, 0.717) is 0 Å². The molecule has 0 fully saturated rings. The van der Waals surface area contributed by atoms with Crippen molar-refractivity contribution >= 4 is 22.9 Å². The Kier molecular flexibility index (Phi) is 2.33. The van der Waals surface area contributed by atoms with E-state index in [4.69, 9.17) is 0 Å². The molecule has 1 aliphatic rings. The number of rotatable bonds is 1. The number of aromatic nitrogens is 1. The molecular formula is C15H13NO2. The van der Waals surface area contributed by atoms with E-state index in [2.05, 4.69) is 12.7 Å². The first-order chi connectivity index (χ1) is 8.72. The average Bonchev–Trinajstić information content (AvgIpc) is 2.72. The summed E-state index contributed by atoms with van der Waals surface area (Å²) in [5, 5.41) is 10.5. The first-order valence-electron chi connectivity index (χ1n) is 5.92. The van der Waals surface area contributed by atoms with Crippen LogP contribution >= 0.6 is 0 Å². The fourth-order valence-electron chi connectivity index (χ4n) is 2.55. The van der Waals surface area contributed by atoms with E-state index >= 15 is 0 Å². The minimum atomic E-state index is -0.123. The third kappa shape index (κ3) is 1.40. The van der Waals surface area contributed by atoms with Gasteiger partial charge in [0.2, 0.25) is 0 Å². The highest BCUT2D eigenvalue weighted by molar-refractivity contribution is 6.03.